The number of aryl methyl sites for hydroxylation is 4. The molecule has 1 aromatic heterocycles. The van der Waals surface area contributed by atoms with Crippen molar-refractivity contribution in [1.29, 1.82) is 0 Å². The van der Waals surface area contributed by atoms with Crippen molar-refractivity contribution in [1.82, 2.24) is 9.78 Å². The van der Waals surface area contributed by atoms with E-state index in [1.165, 1.54) is 11.1 Å². The van der Waals surface area contributed by atoms with Gasteiger partial charge in [0.15, 0.2) is 0 Å². The maximum absolute atomic E-state index is 10.6. The normalized spacial score (nSPS) is 12.7. The standard InChI is InChI=1S/C16H22N2O/c1-5-14-10-15(18(6-2)17-14)16(19)13-8-7-11(3)12(4)9-13/h7-10,16,19H,5-6H2,1-4H3. The molecule has 3 nitrogen and oxygen atoms in total. The van der Waals surface area contributed by atoms with E-state index in [-0.39, 0.29) is 0 Å². The van der Waals surface area contributed by atoms with Crippen molar-refractivity contribution in [3.8, 4) is 0 Å². The molecule has 2 rings (SSSR count). The highest BCUT2D eigenvalue weighted by molar-refractivity contribution is 5.34. The molecule has 0 aliphatic rings. The number of aliphatic hydroxyl groups is 1. The van der Waals surface area contributed by atoms with E-state index in [1.807, 2.05) is 23.7 Å². The third-order valence-corrected chi connectivity index (χ3v) is 3.65. The van der Waals surface area contributed by atoms with Gasteiger partial charge in [-0.05, 0) is 49.9 Å². The number of hydrogen-bond acceptors (Lipinski definition) is 2. The third-order valence-electron chi connectivity index (χ3n) is 3.65. The van der Waals surface area contributed by atoms with E-state index >= 15 is 0 Å². The predicted molar refractivity (Wildman–Crippen MR) is 77.3 cm³/mol. The van der Waals surface area contributed by atoms with Crippen molar-refractivity contribution in [2.24, 2.45) is 0 Å². The lowest BCUT2D eigenvalue weighted by atomic mass is 10.0. The largest absolute Gasteiger partial charge is 0.382 e. The molecule has 102 valence electrons. The fourth-order valence-corrected chi connectivity index (χ4v) is 2.24. The summed E-state index contributed by atoms with van der Waals surface area (Å²) in [4.78, 5) is 0. The molecule has 0 saturated carbocycles. The van der Waals surface area contributed by atoms with Crippen LogP contribution in [0.4, 0.5) is 0 Å². The first-order chi connectivity index (χ1) is 9.06. The van der Waals surface area contributed by atoms with Gasteiger partial charge in [0.2, 0.25) is 0 Å². The molecule has 0 fully saturated rings. The van der Waals surface area contributed by atoms with Crippen LogP contribution in [0.15, 0.2) is 24.3 Å². The van der Waals surface area contributed by atoms with Gasteiger partial charge in [-0.25, -0.2) is 0 Å². The lowest BCUT2D eigenvalue weighted by Crippen LogP contribution is -2.09. The van der Waals surface area contributed by atoms with Gasteiger partial charge < -0.3 is 5.11 Å². The molecule has 0 amide bonds. The number of aliphatic hydroxyl groups excluding tert-OH is 1. The van der Waals surface area contributed by atoms with Crippen molar-refractivity contribution in [2.45, 2.75) is 46.8 Å². The van der Waals surface area contributed by atoms with E-state index in [9.17, 15) is 5.11 Å². The van der Waals surface area contributed by atoms with E-state index in [1.54, 1.807) is 0 Å². The summed E-state index contributed by atoms with van der Waals surface area (Å²) in [6.45, 7) is 9.05. The summed E-state index contributed by atoms with van der Waals surface area (Å²) in [7, 11) is 0. The average Bonchev–Trinajstić information content (AvgIpc) is 2.84. The monoisotopic (exact) mass is 258 g/mol. The van der Waals surface area contributed by atoms with E-state index in [0.717, 1.165) is 29.9 Å². The molecule has 1 heterocycles. The fraction of sp³-hybridized carbons (Fsp3) is 0.438. The summed E-state index contributed by atoms with van der Waals surface area (Å²) in [6, 6.07) is 8.11. The average molecular weight is 258 g/mol. The molecule has 1 unspecified atom stereocenters. The minimum absolute atomic E-state index is 0.605. The zero-order chi connectivity index (χ0) is 14.0. The summed E-state index contributed by atoms with van der Waals surface area (Å²) in [5.41, 5.74) is 5.28. The van der Waals surface area contributed by atoms with Crippen molar-refractivity contribution in [3.63, 3.8) is 0 Å². The van der Waals surface area contributed by atoms with Crippen LogP contribution >= 0.6 is 0 Å². The minimum atomic E-state index is -0.605. The second-order valence-corrected chi connectivity index (χ2v) is 4.98. The predicted octanol–water partition coefficient (Wildman–Crippen LogP) is 3.16. The van der Waals surface area contributed by atoms with Gasteiger partial charge in [-0.3, -0.25) is 4.68 Å². The molecule has 3 heteroatoms. The minimum Gasteiger partial charge on any atom is -0.382 e. The summed E-state index contributed by atoms with van der Waals surface area (Å²) in [5, 5.41) is 15.1. The molecule has 19 heavy (non-hydrogen) atoms. The second-order valence-electron chi connectivity index (χ2n) is 4.98. The molecule has 0 spiro atoms. The first kappa shape index (κ1) is 13.8. The molecule has 2 aromatic rings. The van der Waals surface area contributed by atoms with Crippen LogP contribution in [-0.4, -0.2) is 14.9 Å². The Labute approximate surface area is 114 Å². The van der Waals surface area contributed by atoms with Crippen molar-refractivity contribution in [3.05, 3.63) is 52.3 Å². The SMILES string of the molecule is CCc1cc(C(O)c2ccc(C)c(C)c2)n(CC)n1. The molecule has 0 radical (unpaired) electrons. The molecule has 0 bridgehead atoms. The fourth-order valence-electron chi connectivity index (χ4n) is 2.24. The topological polar surface area (TPSA) is 38.0 Å². The molecule has 1 aromatic carbocycles. The Balaban J connectivity index is 2.39. The van der Waals surface area contributed by atoms with Gasteiger partial charge in [0.1, 0.15) is 6.10 Å². The summed E-state index contributed by atoms with van der Waals surface area (Å²) in [5.74, 6) is 0. The number of benzene rings is 1. The zero-order valence-electron chi connectivity index (χ0n) is 12.1. The molecule has 1 atom stereocenters. The van der Waals surface area contributed by atoms with E-state index in [2.05, 4.69) is 38.0 Å². The van der Waals surface area contributed by atoms with Crippen LogP contribution in [0, 0.1) is 13.8 Å². The van der Waals surface area contributed by atoms with E-state index in [0.29, 0.717) is 0 Å². The highest BCUT2D eigenvalue weighted by Crippen LogP contribution is 2.24. The molecule has 0 aliphatic heterocycles. The summed E-state index contributed by atoms with van der Waals surface area (Å²) >= 11 is 0. The lowest BCUT2D eigenvalue weighted by Gasteiger charge is -2.14. The maximum atomic E-state index is 10.6. The summed E-state index contributed by atoms with van der Waals surface area (Å²) < 4.78 is 1.89. The number of rotatable bonds is 4. The first-order valence-corrected chi connectivity index (χ1v) is 6.88. The highest BCUT2D eigenvalue weighted by Gasteiger charge is 2.17. The number of aromatic nitrogens is 2. The van der Waals surface area contributed by atoms with Crippen molar-refractivity contribution < 1.29 is 5.11 Å². The van der Waals surface area contributed by atoms with Crippen molar-refractivity contribution in [2.75, 3.05) is 0 Å². The third kappa shape index (κ3) is 2.71. The van der Waals surface area contributed by atoms with Gasteiger partial charge >= 0.3 is 0 Å². The number of nitrogens with zero attached hydrogens (tertiary/aromatic N) is 2. The van der Waals surface area contributed by atoms with Crippen LogP contribution in [0.5, 0.6) is 0 Å². The van der Waals surface area contributed by atoms with Gasteiger partial charge in [0.25, 0.3) is 0 Å². The van der Waals surface area contributed by atoms with Crippen LogP contribution in [0.1, 0.15) is 48.0 Å². The molecular weight excluding hydrogens is 236 g/mol. The quantitative estimate of drug-likeness (QED) is 0.914. The number of hydrogen-bond donors (Lipinski definition) is 1. The molecule has 1 N–H and O–H groups in total. The van der Waals surface area contributed by atoms with Gasteiger partial charge in [-0.1, -0.05) is 25.1 Å². The van der Waals surface area contributed by atoms with E-state index in [4.69, 9.17) is 0 Å². The summed E-state index contributed by atoms with van der Waals surface area (Å²) in [6.07, 6.45) is 0.284. The Morgan fingerprint density at radius 3 is 2.47 bits per heavy atom. The zero-order valence-corrected chi connectivity index (χ0v) is 12.1. The molecule has 0 saturated heterocycles. The maximum Gasteiger partial charge on any atom is 0.121 e. The Morgan fingerprint density at radius 1 is 1.16 bits per heavy atom. The smallest absolute Gasteiger partial charge is 0.121 e. The van der Waals surface area contributed by atoms with Crippen molar-refractivity contribution >= 4 is 0 Å². The molecule has 0 aliphatic carbocycles. The van der Waals surface area contributed by atoms with Crippen LogP contribution in [-0.2, 0) is 13.0 Å². The molecular formula is C16H22N2O. The van der Waals surface area contributed by atoms with Crippen LogP contribution in [0.2, 0.25) is 0 Å². The Kier molecular flexibility index (Phi) is 4.05. The van der Waals surface area contributed by atoms with Gasteiger partial charge in [0, 0.05) is 6.54 Å². The lowest BCUT2D eigenvalue weighted by molar-refractivity contribution is 0.208. The van der Waals surface area contributed by atoms with E-state index < -0.39 is 6.10 Å². The van der Waals surface area contributed by atoms with Gasteiger partial charge in [-0.2, -0.15) is 5.10 Å². The van der Waals surface area contributed by atoms with Crippen LogP contribution in [0.3, 0.4) is 0 Å². The Hall–Kier alpha value is -1.61. The highest BCUT2D eigenvalue weighted by atomic mass is 16.3. The van der Waals surface area contributed by atoms with Gasteiger partial charge in [-0.15, -0.1) is 0 Å². The second kappa shape index (κ2) is 5.57. The van der Waals surface area contributed by atoms with Crippen LogP contribution < -0.4 is 0 Å². The Morgan fingerprint density at radius 2 is 1.89 bits per heavy atom. The Bertz CT molecular complexity index is 572. The van der Waals surface area contributed by atoms with Crippen LogP contribution in [0.25, 0.3) is 0 Å². The van der Waals surface area contributed by atoms with Gasteiger partial charge in [0.05, 0.1) is 11.4 Å². The first-order valence-electron chi connectivity index (χ1n) is 6.88.